The minimum atomic E-state index is 0.583. The van der Waals surface area contributed by atoms with Crippen molar-refractivity contribution in [2.75, 3.05) is 0 Å². The van der Waals surface area contributed by atoms with Crippen molar-refractivity contribution in [2.45, 2.75) is 45.4 Å². The molecule has 0 atom stereocenters. The molecule has 0 bridgehead atoms. The summed E-state index contributed by atoms with van der Waals surface area (Å²) in [5.74, 6) is 0.583. The van der Waals surface area contributed by atoms with E-state index in [0.717, 1.165) is 0 Å². The van der Waals surface area contributed by atoms with Crippen molar-refractivity contribution in [3.8, 4) is 0 Å². The van der Waals surface area contributed by atoms with Crippen LogP contribution in [0.5, 0.6) is 0 Å². The van der Waals surface area contributed by atoms with Gasteiger partial charge in [-0.3, -0.25) is 0 Å². The van der Waals surface area contributed by atoms with Gasteiger partial charge in [-0.15, -0.1) is 0 Å². The molecule has 2 aliphatic carbocycles. The highest BCUT2D eigenvalue weighted by atomic mass is 14.3. The van der Waals surface area contributed by atoms with E-state index in [2.05, 4.69) is 56.3 Å². The molecule has 0 saturated carbocycles. The molecule has 0 heteroatoms. The molecule has 106 valence electrons. The lowest BCUT2D eigenvalue weighted by Gasteiger charge is -2.26. The fourth-order valence-electron chi connectivity index (χ4n) is 4.00. The third-order valence-corrected chi connectivity index (χ3v) is 5.07. The second kappa shape index (κ2) is 4.87. The quantitative estimate of drug-likeness (QED) is 0.597. The smallest absolute Gasteiger partial charge is 0.0143 e. The molecular formula is C21H22. The van der Waals surface area contributed by atoms with E-state index in [1.165, 1.54) is 53.2 Å². The highest BCUT2D eigenvalue weighted by molar-refractivity contribution is 5.95. The Kier molecular flexibility index (Phi) is 2.99. The van der Waals surface area contributed by atoms with Gasteiger partial charge in [0.25, 0.3) is 0 Å². The molecular weight excluding hydrogens is 252 g/mol. The summed E-state index contributed by atoms with van der Waals surface area (Å²) < 4.78 is 0. The third kappa shape index (κ3) is 1.97. The molecule has 0 unspecified atom stereocenters. The van der Waals surface area contributed by atoms with Crippen LogP contribution in [0.4, 0.5) is 0 Å². The van der Waals surface area contributed by atoms with E-state index in [4.69, 9.17) is 0 Å². The van der Waals surface area contributed by atoms with E-state index in [0.29, 0.717) is 5.92 Å². The van der Waals surface area contributed by atoms with Crippen LogP contribution in [-0.2, 0) is 6.42 Å². The van der Waals surface area contributed by atoms with Crippen LogP contribution in [0.25, 0.3) is 16.3 Å². The minimum absolute atomic E-state index is 0.583. The summed E-state index contributed by atoms with van der Waals surface area (Å²) >= 11 is 0. The van der Waals surface area contributed by atoms with Crippen LogP contribution in [0.15, 0.2) is 48.1 Å². The normalized spacial score (nSPS) is 17.3. The van der Waals surface area contributed by atoms with Crippen molar-refractivity contribution in [2.24, 2.45) is 0 Å². The number of aryl methyl sites for hydroxylation is 1. The fourth-order valence-corrected chi connectivity index (χ4v) is 4.00. The molecule has 0 aromatic heterocycles. The number of benzene rings is 2. The molecule has 0 saturated heterocycles. The Labute approximate surface area is 127 Å². The first-order chi connectivity index (χ1) is 10.3. The topological polar surface area (TPSA) is 0 Å². The van der Waals surface area contributed by atoms with Gasteiger partial charge in [0.15, 0.2) is 0 Å². The van der Waals surface area contributed by atoms with Crippen molar-refractivity contribution in [3.05, 3.63) is 64.7 Å². The maximum atomic E-state index is 2.37. The van der Waals surface area contributed by atoms with Gasteiger partial charge in [-0.25, -0.2) is 0 Å². The second-order valence-electron chi connectivity index (χ2n) is 6.65. The molecule has 0 nitrogen and oxygen atoms in total. The summed E-state index contributed by atoms with van der Waals surface area (Å²) in [6.07, 6.45) is 9.63. The zero-order valence-corrected chi connectivity index (χ0v) is 12.9. The molecule has 0 fully saturated rings. The lowest BCUT2D eigenvalue weighted by atomic mass is 9.79. The van der Waals surface area contributed by atoms with Gasteiger partial charge in [0.05, 0.1) is 0 Å². The van der Waals surface area contributed by atoms with Crippen molar-refractivity contribution in [1.29, 1.82) is 0 Å². The average Bonchev–Trinajstić information content (AvgIpc) is 2.53. The Morgan fingerprint density at radius 3 is 2.67 bits per heavy atom. The van der Waals surface area contributed by atoms with Gasteiger partial charge in [-0.05, 0) is 64.6 Å². The van der Waals surface area contributed by atoms with E-state index in [1.807, 2.05) is 0 Å². The predicted molar refractivity (Wildman–Crippen MR) is 91.7 cm³/mol. The van der Waals surface area contributed by atoms with Crippen LogP contribution in [-0.4, -0.2) is 0 Å². The van der Waals surface area contributed by atoms with Crippen molar-refractivity contribution < 1.29 is 0 Å². The lowest BCUT2D eigenvalue weighted by molar-refractivity contribution is 0.830. The highest BCUT2D eigenvalue weighted by Gasteiger charge is 2.21. The summed E-state index contributed by atoms with van der Waals surface area (Å²) in [4.78, 5) is 0. The maximum absolute atomic E-state index is 2.37. The van der Waals surface area contributed by atoms with Gasteiger partial charge in [-0.1, -0.05) is 61.9 Å². The summed E-state index contributed by atoms with van der Waals surface area (Å²) in [7, 11) is 0. The van der Waals surface area contributed by atoms with Crippen LogP contribution in [0.3, 0.4) is 0 Å². The monoisotopic (exact) mass is 274 g/mol. The van der Waals surface area contributed by atoms with Crippen molar-refractivity contribution >= 4 is 16.3 Å². The molecule has 0 amide bonds. The first kappa shape index (κ1) is 12.9. The summed E-state index contributed by atoms with van der Waals surface area (Å²) in [6, 6.07) is 11.6. The van der Waals surface area contributed by atoms with Crippen LogP contribution >= 0.6 is 0 Å². The summed E-state index contributed by atoms with van der Waals surface area (Å²) in [6.45, 7) is 4.58. The van der Waals surface area contributed by atoms with Crippen LogP contribution in [0.1, 0.15) is 55.7 Å². The number of fused-ring (bicyclic) bond motifs is 4. The Balaban J connectivity index is 1.99. The number of allylic oxidation sites excluding steroid dienone is 4. The average molecular weight is 274 g/mol. The molecule has 0 N–H and O–H groups in total. The fraction of sp³-hybridized carbons (Fsp3) is 0.333. The molecule has 4 rings (SSSR count). The number of hydrogen-bond donors (Lipinski definition) is 0. The molecule has 0 aliphatic heterocycles. The van der Waals surface area contributed by atoms with Gasteiger partial charge < -0.3 is 0 Å². The van der Waals surface area contributed by atoms with Gasteiger partial charge in [0, 0.05) is 0 Å². The van der Waals surface area contributed by atoms with Crippen LogP contribution in [0, 0.1) is 0 Å². The Hall–Kier alpha value is -1.82. The van der Waals surface area contributed by atoms with Gasteiger partial charge >= 0.3 is 0 Å². The van der Waals surface area contributed by atoms with Gasteiger partial charge in [0.1, 0.15) is 0 Å². The van der Waals surface area contributed by atoms with Crippen LogP contribution in [0.2, 0.25) is 0 Å². The molecule has 0 heterocycles. The van der Waals surface area contributed by atoms with E-state index < -0.39 is 0 Å². The first-order valence-corrected chi connectivity index (χ1v) is 8.19. The molecule has 0 radical (unpaired) electrons. The van der Waals surface area contributed by atoms with Gasteiger partial charge in [0.2, 0.25) is 0 Å². The zero-order chi connectivity index (χ0) is 14.4. The highest BCUT2D eigenvalue weighted by Crippen LogP contribution is 2.40. The molecule has 0 spiro atoms. The van der Waals surface area contributed by atoms with Gasteiger partial charge in [-0.2, -0.15) is 0 Å². The largest absolute Gasteiger partial charge is 0.0836 e. The predicted octanol–water partition coefficient (Wildman–Crippen LogP) is 6.01. The maximum Gasteiger partial charge on any atom is -0.0143 e. The Morgan fingerprint density at radius 2 is 1.81 bits per heavy atom. The SMILES string of the molecule is CC(C)c1cccc2c3c(ccc12)C1=C(CCC=C1)CC3. The minimum Gasteiger partial charge on any atom is -0.0836 e. The first-order valence-electron chi connectivity index (χ1n) is 8.19. The summed E-state index contributed by atoms with van der Waals surface area (Å²) in [5, 5.41) is 2.93. The Bertz CT molecular complexity index is 772. The second-order valence-corrected chi connectivity index (χ2v) is 6.65. The number of hydrogen-bond acceptors (Lipinski definition) is 0. The third-order valence-electron chi connectivity index (χ3n) is 5.07. The zero-order valence-electron chi connectivity index (χ0n) is 12.9. The van der Waals surface area contributed by atoms with E-state index in [-0.39, 0.29) is 0 Å². The van der Waals surface area contributed by atoms with Crippen molar-refractivity contribution in [1.82, 2.24) is 0 Å². The van der Waals surface area contributed by atoms with Crippen LogP contribution < -0.4 is 0 Å². The standard InChI is InChI=1S/C21H22/c1-14(2)16-8-5-9-18-19(16)12-13-20-17-7-4-3-6-15(17)10-11-21(18)20/h4-5,7-9,12-14H,3,6,10-11H2,1-2H3. The molecule has 2 aliphatic rings. The molecule has 2 aromatic rings. The lowest BCUT2D eigenvalue weighted by Crippen LogP contribution is -2.07. The van der Waals surface area contributed by atoms with E-state index in [9.17, 15) is 0 Å². The number of rotatable bonds is 1. The van der Waals surface area contributed by atoms with E-state index in [1.54, 1.807) is 11.1 Å². The van der Waals surface area contributed by atoms with Crippen molar-refractivity contribution in [3.63, 3.8) is 0 Å². The van der Waals surface area contributed by atoms with E-state index >= 15 is 0 Å². The Morgan fingerprint density at radius 1 is 0.905 bits per heavy atom. The molecule has 21 heavy (non-hydrogen) atoms. The summed E-state index contributed by atoms with van der Waals surface area (Å²) in [5.41, 5.74) is 7.72. The molecule has 2 aromatic carbocycles.